The molecule has 0 saturated heterocycles. The maximum Gasteiger partial charge on any atom is 0.133 e. The first-order valence-corrected chi connectivity index (χ1v) is 4.32. The summed E-state index contributed by atoms with van der Waals surface area (Å²) in [4.78, 5) is 10.1. The van der Waals surface area contributed by atoms with E-state index in [1.165, 1.54) is 12.8 Å². The van der Waals surface area contributed by atoms with Crippen LogP contribution in [0, 0.1) is 0 Å². The number of unbranched alkanes of at least 4 members (excludes halogenated alkanes) is 2. The van der Waals surface area contributed by atoms with Crippen molar-refractivity contribution in [3.8, 4) is 0 Å². The average molecular weight is 193 g/mol. The van der Waals surface area contributed by atoms with E-state index in [1.807, 2.05) is 0 Å². The molecule has 0 aromatic heterocycles. The molecule has 0 spiro atoms. The van der Waals surface area contributed by atoms with Crippen LogP contribution in [0.4, 0.5) is 0 Å². The molecule has 0 fully saturated rings. The van der Waals surface area contributed by atoms with Gasteiger partial charge in [-0.1, -0.05) is 42.1 Å². The highest BCUT2D eigenvalue weighted by atomic mass is 79.9. The lowest BCUT2D eigenvalue weighted by Gasteiger charge is -1.98. The van der Waals surface area contributed by atoms with E-state index in [1.54, 1.807) is 0 Å². The first kappa shape index (κ1) is 9.15. The Hall–Kier alpha value is 0.150. The topological polar surface area (TPSA) is 17.1 Å². The second-order valence-corrected chi connectivity index (χ2v) is 3.32. The predicted molar refractivity (Wildman–Crippen MR) is 42.9 cm³/mol. The van der Waals surface area contributed by atoms with Gasteiger partial charge < -0.3 is 4.79 Å². The number of carbonyl (C=O) groups is 1. The summed E-state index contributed by atoms with van der Waals surface area (Å²) in [6.45, 7) is 2.16. The monoisotopic (exact) mass is 192 g/mol. The van der Waals surface area contributed by atoms with E-state index in [2.05, 4.69) is 22.9 Å². The van der Waals surface area contributed by atoms with Gasteiger partial charge in [0.05, 0.1) is 4.83 Å². The van der Waals surface area contributed by atoms with Gasteiger partial charge in [-0.3, -0.25) is 0 Å². The number of hydrogen-bond acceptors (Lipinski definition) is 1. The van der Waals surface area contributed by atoms with Crippen molar-refractivity contribution in [2.24, 2.45) is 0 Å². The minimum absolute atomic E-state index is 0.0871. The molecule has 0 radical (unpaired) electrons. The molecule has 0 amide bonds. The van der Waals surface area contributed by atoms with Gasteiger partial charge in [-0.25, -0.2) is 0 Å². The van der Waals surface area contributed by atoms with Crippen molar-refractivity contribution >= 4 is 22.2 Å². The summed E-state index contributed by atoms with van der Waals surface area (Å²) in [5.74, 6) is 0. The smallest absolute Gasteiger partial charge is 0.133 e. The van der Waals surface area contributed by atoms with Crippen LogP contribution in [0.2, 0.25) is 0 Å². The highest BCUT2D eigenvalue weighted by Crippen LogP contribution is 2.07. The van der Waals surface area contributed by atoms with Crippen LogP contribution in [-0.4, -0.2) is 11.1 Å². The number of hydrogen-bond donors (Lipinski definition) is 0. The van der Waals surface area contributed by atoms with Crippen LogP contribution in [0.3, 0.4) is 0 Å². The Morgan fingerprint density at radius 1 is 1.56 bits per heavy atom. The quantitative estimate of drug-likeness (QED) is 0.372. The Morgan fingerprint density at radius 2 is 2.22 bits per heavy atom. The molecule has 1 unspecified atom stereocenters. The number of aldehydes is 1. The van der Waals surface area contributed by atoms with E-state index < -0.39 is 0 Å². The largest absolute Gasteiger partial charge is 0.302 e. The van der Waals surface area contributed by atoms with Crippen molar-refractivity contribution in [2.75, 3.05) is 0 Å². The van der Waals surface area contributed by atoms with Crippen LogP contribution in [0.5, 0.6) is 0 Å². The molecule has 0 aliphatic carbocycles. The minimum Gasteiger partial charge on any atom is -0.302 e. The van der Waals surface area contributed by atoms with E-state index in [9.17, 15) is 4.79 Å². The molecule has 0 aliphatic rings. The fourth-order valence-corrected chi connectivity index (χ4v) is 0.981. The Bertz CT molecular complexity index is 73.3. The van der Waals surface area contributed by atoms with E-state index in [4.69, 9.17) is 0 Å². The van der Waals surface area contributed by atoms with Crippen LogP contribution >= 0.6 is 15.9 Å². The van der Waals surface area contributed by atoms with Gasteiger partial charge in [-0.05, 0) is 6.42 Å². The van der Waals surface area contributed by atoms with Gasteiger partial charge in [0.1, 0.15) is 6.29 Å². The van der Waals surface area contributed by atoms with Crippen LogP contribution < -0.4 is 0 Å². The van der Waals surface area contributed by atoms with Crippen molar-refractivity contribution in [3.63, 3.8) is 0 Å². The zero-order valence-electron chi connectivity index (χ0n) is 5.77. The summed E-state index contributed by atoms with van der Waals surface area (Å²) >= 11 is 3.24. The number of alkyl halides is 1. The molecule has 2 heteroatoms. The summed E-state index contributed by atoms with van der Waals surface area (Å²) in [7, 11) is 0. The van der Waals surface area contributed by atoms with Crippen molar-refractivity contribution in [1.29, 1.82) is 0 Å². The lowest BCUT2D eigenvalue weighted by Crippen LogP contribution is -1.97. The molecular formula is C7H13BrO. The van der Waals surface area contributed by atoms with Gasteiger partial charge in [0.25, 0.3) is 0 Å². The van der Waals surface area contributed by atoms with Crippen molar-refractivity contribution < 1.29 is 4.79 Å². The van der Waals surface area contributed by atoms with Crippen LogP contribution in [0.25, 0.3) is 0 Å². The lowest BCUT2D eigenvalue weighted by molar-refractivity contribution is -0.107. The lowest BCUT2D eigenvalue weighted by atomic mass is 10.2. The first-order chi connectivity index (χ1) is 4.31. The van der Waals surface area contributed by atoms with E-state index in [0.29, 0.717) is 0 Å². The second kappa shape index (κ2) is 6.27. The van der Waals surface area contributed by atoms with Gasteiger partial charge in [0, 0.05) is 0 Å². The summed E-state index contributed by atoms with van der Waals surface area (Å²) in [5, 5.41) is 0. The highest BCUT2D eigenvalue weighted by molar-refractivity contribution is 9.09. The minimum atomic E-state index is 0.0871. The third-order valence-corrected chi connectivity index (χ3v) is 1.90. The standard InChI is InChI=1S/C7H13BrO/c1-2-3-4-5-7(8)6-9/h6-7H,2-5H2,1H3. The highest BCUT2D eigenvalue weighted by Gasteiger charge is 1.98. The summed E-state index contributed by atoms with van der Waals surface area (Å²) in [6, 6.07) is 0. The first-order valence-electron chi connectivity index (χ1n) is 3.40. The maximum absolute atomic E-state index is 10.1. The van der Waals surface area contributed by atoms with Gasteiger partial charge in [0.2, 0.25) is 0 Å². The molecule has 0 rings (SSSR count). The second-order valence-electron chi connectivity index (χ2n) is 2.15. The molecule has 1 atom stereocenters. The molecule has 0 saturated carbocycles. The molecule has 0 heterocycles. The normalized spacial score (nSPS) is 13.1. The zero-order chi connectivity index (χ0) is 7.11. The molecule has 9 heavy (non-hydrogen) atoms. The molecule has 0 N–H and O–H groups in total. The fraction of sp³-hybridized carbons (Fsp3) is 0.857. The van der Waals surface area contributed by atoms with E-state index >= 15 is 0 Å². The number of halogens is 1. The SMILES string of the molecule is CCCCCC(Br)C=O. The van der Waals surface area contributed by atoms with Gasteiger partial charge in [0.15, 0.2) is 0 Å². The Balaban J connectivity index is 2.96. The van der Waals surface area contributed by atoms with Gasteiger partial charge >= 0.3 is 0 Å². The van der Waals surface area contributed by atoms with Gasteiger partial charge in [-0.2, -0.15) is 0 Å². The summed E-state index contributed by atoms with van der Waals surface area (Å²) in [6.07, 6.45) is 5.55. The van der Waals surface area contributed by atoms with Gasteiger partial charge in [-0.15, -0.1) is 0 Å². The molecule has 0 aromatic carbocycles. The third kappa shape index (κ3) is 6.03. The maximum atomic E-state index is 10.1. The van der Waals surface area contributed by atoms with Crippen molar-refractivity contribution in [2.45, 2.75) is 37.4 Å². The number of rotatable bonds is 5. The van der Waals surface area contributed by atoms with E-state index in [-0.39, 0.29) is 4.83 Å². The summed E-state index contributed by atoms with van der Waals surface area (Å²) in [5.41, 5.74) is 0. The summed E-state index contributed by atoms with van der Waals surface area (Å²) < 4.78 is 0. The van der Waals surface area contributed by atoms with Crippen molar-refractivity contribution in [1.82, 2.24) is 0 Å². The molecule has 54 valence electrons. The van der Waals surface area contributed by atoms with Crippen molar-refractivity contribution in [3.05, 3.63) is 0 Å². The molecule has 1 nitrogen and oxygen atoms in total. The Morgan fingerprint density at radius 3 is 2.67 bits per heavy atom. The average Bonchev–Trinajstić information content (AvgIpc) is 1.89. The van der Waals surface area contributed by atoms with Crippen LogP contribution in [-0.2, 0) is 4.79 Å². The fourth-order valence-electron chi connectivity index (χ4n) is 0.657. The Labute approximate surface area is 65.0 Å². The Kier molecular flexibility index (Phi) is 6.38. The van der Waals surface area contributed by atoms with E-state index in [0.717, 1.165) is 19.1 Å². The molecule has 0 bridgehead atoms. The van der Waals surface area contributed by atoms with Crippen LogP contribution in [0.15, 0.2) is 0 Å². The zero-order valence-corrected chi connectivity index (χ0v) is 7.36. The third-order valence-electron chi connectivity index (χ3n) is 1.23. The van der Waals surface area contributed by atoms with Crippen LogP contribution in [0.1, 0.15) is 32.6 Å². The number of carbonyl (C=O) groups excluding carboxylic acids is 1. The molecular weight excluding hydrogens is 180 g/mol. The predicted octanol–water partition coefficient (Wildman–Crippen LogP) is 2.53. The molecule has 0 aliphatic heterocycles. The molecule has 0 aromatic rings.